The molecule has 0 aromatic heterocycles. The summed E-state index contributed by atoms with van der Waals surface area (Å²) in [6.45, 7) is 3.64. The van der Waals surface area contributed by atoms with Crippen LogP contribution in [0.4, 0.5) is 5.69 Å². The fourth-order valence-corrected chi connectivity index (χ4v) is 3.39. The zero-order chi connectivity index (χ0) is 21.5. The molecule has 0 unspecified atom stereocenters. The van der Waals surface area contributed by atoms with Gasteiger partial charge >= 0.3 is 0 Å². The average molecular weight is 426 g/mol. The van der Waals surface area contributed by atoms with Gasteiger partial charge in [-0.2, -0.15) is 0 Å². The molecule has 0 atom stereocenters. The third-order valence-electron chi connectivity index (χ3n) is 4.97. The average Bonchev–Trinajstić information content (AvgIpc) is 2.77. The Morgan fingerprint density at radius 1 is 0.967 bits per heavy atom. The van der Waals surface area contributed by atoms with Crippen molar-refractivity contribution in [2.45, 2.75) is 0 Å². The van der Waals surface area contributed by atoms with Gasteiger partial charge in [0.1, 0.15) is 0 Å². The van der Waals surface area contributed by atoms with Gasteiger partial charge in [-0.25, -0.2) is 5.48 Å². The number of piperazine rings is 1. The Hall–Kier alpha value is -2.93. The van der Waals surface area contributed by atoms with Crippen LogP contribution in [0.25, 0.3) is 12.2 Å². The molecule has 156 valence electrons. The van der Waals surface area contributed by atoms with Crippen molar-refractivity contribution in [3.8, 4) is 0 Å². The van der Waals surface area contributed by atoms with E-state index in [-0.39, 0.29) is 5.78 Å². The Bertz CT molecular complexity index is 962. The summed E-state index contributed by atoms with van der Waals surface area (Å²) < 4.78 is 0. The van der Waals surface area contributed by atoms with E-state index in [4.69, 9.17) is 16.8 Å². The minimum atomic E-state index is -0.595. The fraction of sp³-hybridized carbons (Fsp3) is 0.217. The van der Waals surface area contributed by atoms with Crippen LogP contribution >= 0.6 is 11.6 Å². The van der Waals surface area contributed by atoms with Gasteiger partial charge in [-0.15, -0.1) is 0 Å². The van der Waals surface area contributed by atoms with Gasteiger partial charge < -0.3 is 9.80 Å². The highest BCUT2D eigenvalue weighted by Gasteiger charge is 2.19. The van der Waals surface area contributed by atoms with E-state index in [9.17, 15) is 9.59 Å². The third kappa shape index (κ3) is 5.79. The number of amides is 1. The van der Waals surface area contributed by atoms with Gasteiger partial charge in [-0.3, -0.25) is 14.8 Å². The van der Waals surface area contributed by atoms with Crippen LogP contribution in [0.1, 0.15) is 21.5 Å². The highest BCUT2D eigenvalue weighted by atomic mass is 35.5. The van der Waals surface area contributed by atoms with Crippen molar-refractivity contribution in [1.29, 1.82) is 0 Å². The standard InChI is InChI=1S/C23H24ClN3O3/c1-26-12-14-27(15-13-26)21-9-8-19(24)16-20(21)22(28)10-6-17-2-4-18(5-3-17)7-11-23(29)25-30/h2-11,16,30H,12-15H2,1H3,(H,25,29). The van der Waals surface area contributed by atoms with Gasteiger partial charge in [0, 0.05) is 48.5 Å². The highest BCUT2D eigenvalue weighted by Crippen LogP contribution is 2.26. The zero-order valence-electron chi connectivity index (χ0n) is 16.7. The van der Waals surface area contributed by atoms with Gasteiger partial charge in [-0.05, 0) is 48.5 Å². The number of rotatable bonds is 6. The molecule has 2 aromatic carbocycles. The van der Waals surface area contributed by atoms with Crippen molar-refractivity contribution in [3.63, 3.8) is 0 Å². The maximum atomic E-state index is 12.9. The Balaban J connectivity index is 1.74. The molecule has 2 N–H and O–H groups in total. The summed E-state index contributed by atoms with van der Waals surface area (Å²) in [6.07, 6.45) is 6.12. The predicted molar refractivity (Wildman–Crippen MR) is 120 cm³/mol. The minimum absolute atomic E-state index is 0.102. The smallest absolute Gasteiger partial charge is 0.267 e. The monoisotopic (exact) mass is 425 g/mol. The summed E-state index contributed by atoms with van der Waals surface area (Å²) >= 11 is 6.17. The third-order valence-corrected chi connectivity index (χ3v) is 5.20. The van der Waals surface area contributed by atoms with Crippen molar-refractivity contribution < 1.29 is 14.8 Å². The van der Waals surface area contributed by atoms with Crippen LogP contribution in [-0.4, -0.2) is 55.0 Å². The first kappa shape index (κ1) is 21.8. The number of hydrogen-bond donors (Lipinski definition) is 2. The van der Waals surface area contributed by atoms with Crippen LogP contribution in [-0.2, 0) is 4.79 Å². The lowest BCUT2D eigenvalue weighted by atomic mass is 10.0. The van der Waals surface area contributed by atoms with Gasteiger partial charge in [0.15, 0.2) is 5.78 Å². The van der Waals surface area contributed by atoms with E-state index in [2.05, 4.69) is 16.8 Å². The summed E-state index contributed by atoms with van der Waals surface area (Å²) in [5.41, 5.74) is 4.70. The van der Waals surface area contributed by atoms with Crippen LogP contribution in [0.15, 0.2) is 54.6 Å². The van der Waals surface area contributed by atoms with E-state index in [1.807, 2.05) is 36.4 Å². The quantitative estimate of drug-likeness (QED) is 0.321. The van der Waals surface area contributed by atoms with Crippen LogP contribution < -0.4 is 10.4 Å². The molecule has 0 radical (unpaired) electrons. The van der Waals surface area contributed by atoms with Crippen LogP contribution in [0.5, 0.6) is 0 Å². The number of allylic oxidation sites excluding steroid dienone is 1. The van der Waals surface area contributed by atoms with Crippen LogP contribution in [0.2, 0.25) is 5.02 Å². The Morgan fingerprint density at radius 3 is 2.17 bits per heavy atom. The minimum Gasteiger partial charge on any atom is -0.368 e. The lowest BCUT2D eigenvalue weighted by Gasteiger charge is -2.35. The molecule has 0 bridgehead atoms. The molecule has 0 spiro atoms. The molecule has 1 aliphatic rings. The van der Waals surface area contributed by atoms with Crippen molar-refractivity contribution in [3.05, 3.63) is 76.3 Å². The van der Waals surface area contributed by atoms with Gasteiger partial charge in [-0.1, -0.05) is 41.9 Å². The number of anilines is 1. The number of nitrogens with one attached hydrogen (secondary N) is 1. The summed E-state index contributed by atoms with van der Waals surface area (Å²) in [6, 6.07) is 12.8. The lowest BCUT2D eigenvalue weighted by molar-refractivity contribution is -0.124. The largest absolute Gasteiger partial charge is 0.368 e. The second-order valence-electron chi connectivity index (χ2n) is 7.13. The molecule has 3 rings (SSSR count). The maximum Gasteiger partial charge on any atom is 0.267 e. The summed E-state index contributed by atoms with van der Waals surface area (Å²) in [5, 5.41) is 9.03. The molecular formula is C23H24ClN3O3. The van der Waals surface area contributed by atoms with E-state index < -0.39 is 5.91 Å². The first-order valence-electron chi connectivity index (χ1n) is 9.64. The van der Waals surface area contributed by atoms with Crippen molar-refractivity contribution in [2.24, 2.45) is 0 Å². The molecule has 1 aliphatic heterocycles. The number of benzene rings is 2. The van der Waals surface area contributed by atoms with Crippen molar-refractivity contribution in [2.75, 3.05) is 38.1 Å². The summed E-state index contributed by atoms with van der Waals surface area (Å²) in [7, 11) is 2.09. The Kier molecular flexibility index (Phi) is 7.41. The fourth-order valence-electron chi connectivity index (χ4n) is 3.22. The number of hydroxylamine groups is 1. The van der Waals surface area contributed by atoms with Gasteiger partial charge in [0.25, 0.3) is 5.91 Å². The van der Waals surface area contributed by atoms with E-state index in [0.29, 0.717) is 10.6 Å². The predicted octanol–water partition coefficient (Wildman–Crippen LogP) is 3.51. The molecule has 0 aliphatic carbocycles. The van der Waals surface area contributed by atoms with Crippen LogP contribution in [0, 0.1) is 0 Å². The SMILES string of the molecule is CN1CCN(c2ccc(Cl)cc2C(=O)C=Cc2ccc(C=CC(=O)NO)cc2)CC1. The number of halogens is 1. The number of ketones is 1. The topological polar surface area (TPSA) is 72.9 Å². The number of likely N-dealkylation sites (N-methyl/N-ethyl adjacent to an activating group) is 1. The zero-order valence-corrected chi connectivity index (χ0v) is 17.5. The second kappa shape index (κ2) is 10.2. The van der Waals surface area contributed by atoms with E-state index in [1.54, 1.807) is 24.3 Å². The van der Waals surface area contributed by atoms with Crippen molar-refractivity contribution in [1.82, 2.24) is 10.4 Å². The lowest BCUT2D eigenvalue weighted by Crippen LogP contribution is -2.44. The van der Waals surface area contributed by atoms with Crippen LogP contribution in [0.3, 0.4) is 0 Å². The number of carbonyl (C=O) groups is 2. The molecule has 6 nitrogen and oxygen atoms in total. The molecule has 1 heterocycles. The van der Waals surface area contributed by atoms with E-state index >= 15 is 0 Å². The maximum absolute atomic E-state index is 12.9. The second-order valence-corrected chi connectivity index (χ2v) is 7.56. The Labute approximate surface area is 181 Å². The first-order valence-corrected chi connectivity index (χ1v) is 10.0. The number of nitrogens with zero attached hydrogens (tertiary/aromatic N) is 2. The number of hydrogen-bond acceptors (Lipinski definition) is 5. The molecule has 0 saturated carbocycles. The van der Waals surface area contributed by atoms with E-state index in [1.165, 1.54) is 11.6 Å². The summed E-state index contributed by atoms with van der Waals surface area (Å²) in [5.74, 6) is -0.697. The highest BCUT2D eigenvalue weighted by molar-refractivity contribution is 6.31. The first-order chi connectivity index (χ1) is 14.5. The normalized spacial score (nSPS) is 15.1. The Morgan fingerprint density at radius 2 is 1.57 bits per heavy atom. The van der Waals surface area contributed by atoms with E-state index in [0.717, 1.165) is 43.0 Å². The molecule has 1 amide bonds. The molecule has 30 heavy (non-hydrogen) atoms. The molecule has 2 aromatic rings. The van der Waals surface area contributed by atoms with Gasteiger partial charge in [0.05, 0.1) is 0 Å². The molecule has 1 fully saturated rings. The molecule has 7 heteroatoms. The number of carbonyl (C=O) groups excluding carboxylic acids is 2. The van der Waals surface area contributed by atoms with Gasteiger partial charge in [0.2, 0.25) is 0 Å². The molecular weight excluding hydrogens is 402 g/mol. The molecule has 1 saturated heterocycles. The van der Waals surface area contributed by atoms with Crippen molar-refractivity contribution >= 4 is 41.1 Å². The summed E-state index contributed by atoms with van der Waals surface area (Å²) in [4.78, 5) is 28.4.